The molecule has 22 heavy (non-hydrogen) atoms. The third-order valence-electron chi connectivity index (χ3n) is 4.28. The van der Waals surface area contributed by atoms with Crippen molar-refractivity contribution in [2.24, 2.45) is 5.73 Å². The highest BCUT2D eigenvalue weighted by Gasteiger charge is 2.33. The summed E-state index contributed by atoms with van der Waals surface area (Å²) in [5.41, 5.74) is 6.61. The average Bonchev–Trinajstić information content (AvgIpc) is 2.98. The van der Waals surface area contributed by atoms with Gasteiger partial charge in [-0.05, 0) is 36.0 Å². The van der Waals surface area contributed by atoms with Gasteiger partial charge in [0, 0.05) is 18.1 Å². The number of amides is 1. The summed E-state index contributed by atoms with van der Waals surface area (Å²) >= 11 is 7.37. The molecule has 0 bridgehead atoms. The molecular formula is C15H17ClN4OS. The molecule has 5 nitrogen and oxygen atoms in total. The smallest absolute Gasteiger partial charge is 0.279 e. The summed E-state index contributed by atoms with van der Waals surface area (Å²) in [6.07, 6.45) is 2.00. The number of primary amides is 1. The van der Waals surface area contributed by atoms with Gasteiger partial charge in [0.25, 0.3) is 5.91 Å². The van der Waals surface area contributed by atoms with Gasteiger partial charge in [-0.15, -0.1) is 10.2 Å². The molecule has 1 fully saturated rings. The van der Waals surface area contributed by atoms with Gasteiger partial charge in [0.1, 0.15) is 0 Å². The van der Waals surface area contributed by atoms with Crippen molar-refractivity contribution in [3.05, 3.63) is 39.9 Å². The van der Waals surface area contributed by atoms with Gasteiger partial charge in [-0.1, -0.05) is 42.0 Å². The van der Waals surface area contributed by atoms with E-state index < -0.39 is 5.91 Å². The fourth-order valence-electron chi connectivity index (χ4n) is 2.79. The van der Waals surface area contributed by atoms with E-state index in [1.807, 2.05) is 18.2 Å². The molecule has 0 saturated carbocycles. The molecule has 0 spiro atoms. The van der Waals surface area contributed by atoms with Gasteiger partial charge in [-0.2, -0.15) is 0 Å². The first kappa shape index (κ1) is 15.2. The van der Waals surface area contributed by atoms with E-state index in [1.54, 1.807) is 0 Å². The number of rotatable bonds is 3. The van der Waals surface area contributed by atoms with Crippen LogP contribution in [0, 0.1) is 0 Å². The Morgan fingerprint density at radius 2 is 2.09 bits per heavy atom. The number of nitrogens with zero attached hydrogens (tertiary/aromatic N) is 3. The number of hydrogen-bond donors (Lipinski definition) is 1. The SMILES string of the molecule is CC1(c2cccc(Cl)c2)CCN(c2nnc(C(N)=O)s2)CC1. The maximum absolute atomic E-state index is 11.1. The number of anilines is 1. The van der Waals surface area contributed by atoms with Gasteiger partial charge in [0.2, 0.25) is 10.1 Å². The Balaban J connectivity index is 1.72. The van der Waals surface area contributed by atoms with Crippen molar-refractivity contribution in [1.82, 2.24) is 10.2 Å². The number of piperidine rings is 1. The van der Waals surface area contributed by atoms with Crippen LogP contribution in [0.1, 0.15) is 35.1 Å². The number of hydrogen-bond acceptors (Lipinski definition) is 5. The minimum absolute atomic E-state index is 0.110. The van der Waals surface area contributed by atoms with Crippen LogP contribution in [0.2, 0.25) is 5.02 Å². The van der Waals surface area contributed by atoms with Gasteiger partial charge in [0.15, 0.2) is 0 Å². The van der Waals surface area contributed by atoms with E-state index in [-0.39, 0.29) is 10.4 Å². The maximum atomic E-state index is 11.1. The van der Waals surface area contributed by atoms with Crippen LogP contribution in [0.15, 0.2) is 24.3 Å². The van der Waals surface area contributed by atoms with Crippen LogP contribution < -0.4 is 10.6 Å². The van der Waals surface area contributed by atoms with Crippen molar-refractivity contribution >= 4 is 34.0 Å². The minimum Gasteiger partial charge on any atom is -0.363 e. The highest BCUT2D eigenvalue weighted by Crippen LogP contribution is 2.37. The second kappa shape index (κ2) is 5.85. The van der Waals surface area contributed by atoms with Crippen molar-refractivity contribution in [2.45, 2.75) is 25.2 Å². The highest BCUT2D eigenvalue weighted by molar-refractivity contribution is 7.17. The third kappa shape index (κ3) is 2.94. The van der Waals surface area contributed by atoms with Crippen molar-refractivity contribution in [2.75, 3.05) is 18.0 Å². The first-order valence-electron chi connectivity index (χ1n) is 7.12. The lowest BCUT2D eigenvalue weighted by atomic mass is 9.75. The predicted octanol–water partition coefficient (Wildman–Crippen LogP) is 2.85. The van der Waals surface area contributed by atoms with E-state index in [0.717, 1.165) is 36.1 Å². The van der Waals surface area contributed by atoms with E-state index in [2.05, 4.69) is 28.1 Å². The van der Waals surface area contributed by atoms with E-state index >= 15 is 0 Å². The molecule has 3 rings (SSSR count). The van der Waals surface area contributed by atoms with Gasteiger partial charge < -0.3 is 10.6 Å². The third-order valence-corrected chi connectivity index (χ3v) is 5.52. The molecule has 1 aliphatic rings. The maximum Gasteiger partial charge on any atom is 0.279 e. The number of nitrogens with two attached hydrogens (primary N) is 1. The summed E-state index contributed by atoms with van der Waals surface area (Å²) < 4.78 is 0. The summed E-state index contributed by atoms with van der Waals surface area (Å²) in [6, 6.07) is 8.08. The molecule has 0 radical (unpaired) electrons. The Bertz CT molecular complexity index is 694. The Hall–Kier alpha value is -1.66. The van der Waals surface area contributed by atoms with Crippen LogP contribution in [-0.4, -0.2) is 29.2 Å². The van der Waals surface area contributed by atoms with Gasteiger partial charge in [-0.3, -0.25) is 4.79 Å². The van der Waals surface area contributed by atoms with Gasteiger partial charge in [-0.25, -0.2) is 0 Å². The zero-order valence-corrected chi connectivity index (χ0v) is 13.8. The largest absolute Gasteiger partial charge is 0.363 e. The molecule has 0 atom stereocenters. The molecule has 2 heterocycles. The number of benzene rings is 1. The molecule has 2 N–H and O–H groups in total. The van der Waals surface area contributed by atoms with Gasteiger partial charge in [0.05, 0.1) is 0 Å². The summed E-state index contributed by atoms with van der Waals surface area (Å²) in [6.45, 7) is 4.01. The first-order valence-corrected chi connectivity index (χ1v) is 8.32. The molecule has 1 amide bonds. The normalized spacial score (nSPS) is 17.5. The van der Waals surface area contributed by atoms with Crippen LogP contribution in [-0.2, 0) is 5.41 Å². The molecule has 2 aromatic rings. The van der Waals surface area contributed by atoms with E-state index in [1.165, 1.54) is 16.9 Å². The van der Waals surface area contributed by atoms with Crippen LogP contribution >= 0.6 is 22.9 Å². The van der Waals surface area contributed by atoms with Crippen molar-refractivity contribution in [3.63, 3.8) is 0 Å². The Kier molecular flexibility index (Phi) is 4.06. The minimum atomic E-state index is -0.524. The van der Waals surface area contributed by atoms with E-state index in [4.69, 9.17) is 17.3 Å². The number of halogens is 1. The summed E-state index contributed by atoms with van der Waals surface area (Å²) in [7, 11) is 0. The molecule has 1 aliphatic heterocycles. The van der Waals surface area contributed by atoms with Crippen molar-refractivity contribution in [3.8, 4) is 0 Å². The lowest BCUT2D eigenvalue weighted by molar-refractivity contribution is 0.0999. The van der Waals surface area contributed by atoms with Gasteiger partial charge >= 0.3 is 0 Å². The topological polar surface area (TPSA) is 72.1 Å². The van der Waals surface area contributed by atoms with Crippen LogP contribution in [0.3, 0.4) is 0 Å². The number of aromatic nitrogens is 2. The van der Waals surface area contributed by atoms with Crippen LogP contribution in [0.5, 0.6) is 0 Å². The zero-order valence-electron chi connectivity index (χ0n) is 12.3. The van der Waals surface area contributed by atoms with E-state index in [0.29, 0.717) is 0 Å². The number of carbonyl (C=O) groups excluding carboxylic acids is 1. The molecule has 1 aromatic heterocycles. The van der Waals surface area contributed by atoms with Crippen LogP contribution in [0.4, 0.5) is 5.13 Å². The molecule has 1 saturated heterocycles. The zero-order chi connectivity index (χ0) is 15.7. The lowest BCUT2D eigenvalue weighted by Gasteiger charge is -2.39. The van der Waals surface area contributed by atoms with Crippen LogP contribution in [0.25, 0.3) is 0 Å². The molecule has 0 aliphatic carbocycles. The Morgan fingerprint density at radius 1 is 1.36 bits per heavy atom. The second-order valence-corrected chi connectivity index (χ2v) is 7.20. The van der Waals surface area contributed by atoms with Crippen molar-refractivity contribution in [1.29, 1.82) is 0 Å². The molecule has 1 aromatic carbocycles. The fraction of sp³-hybridized carbons (Fsp3) is 0.400. The monoisotopic (exact) mass is 336 g/mol. The molecular weight excluding hydrogens is 320 g/mol. The Morgan fingerprint density at radius 3 is 2.68 bits per heavy atom. The predicted molar refractivity (Wildman–Crippen MR) is 88.7 cm³/mol. The summed E-state index contributed by atoms with van der Waals surface area (Å²) in [5.74, 6) is -0.524. The summed E-state index contributed by atoms with van der Waals surface area (Å²) in [4.78, 5) is 13.3. The molecule has 7 heteroatoms. The van der Waals surface area contributed by atoms with Crippen molar-refractivity contribution < 1.29 is 4.79 Å². The molecule has 0 unspecified atom stereocenters. The first-order chi connectivity index (χ1) is 10.5. The molecule has 116 valence electrons. The summed E-state index contributed by atoms with van der Waals surface area (Å²) in [5, 5.41) is 9.70. The quantitative estimate of drug-likeness (QED) is 0.935. The lowest BCUT2D eigenvalue weighted by Crippen LogP contribution is -2.41. The number of carbonyl (C=O) groups is 1. The van der Waals surface area contributed by atoms with E-state index in [9.17, 15) is 4.79 Å². The Labute approximate surface area is 138 Å². The fourth-order valence-corrected chi connectivity index (χ4v) is 3.73. The average molecular weight is 337 g/mol. The highest BCUT2D eigenvalue weighted by atomic mass is 35.5. The standard InChI is InChI=1S/C15H17ClN4OS/c1-15(10-3-2-4-11(16)9-10)5-7-20(8-6-15)14-19-18-13(22-14)12(17)21/h2-4,9H,5-8H2,1H3,(H2,17,21). The second-order valence-electron chi connectivity index (χ2n) is 5.81.